The van der Waals surface area contributed by atoms with Crippen LogP contribution in [0.25, 0.3) is 0 Å². The molecule has 2 aliphatic rings. The Morgan fingerprint density at radius 2 is 2.00 bits per heavy atom. The Balaban J connectivity index is 1.97. The summed E-state index contributed by atoms with van der Waals surface area (Å²) < 4.78 is 6.68. The zero-order chi connectivity index (χ0) is 15.4. The standard InChI is InChI=1S/C18H26BrNO/c1-11-8-13(19)9-14(21-5)15(11)20-16-17(2,3)12-6-7-18(16,4)10-12/h8-9,12,16,20H,6-7,10H2,1-5H3. The highest BCUT2D eigenvalue weighted by atomic mass is 79.9. The summed E-state index contributed by atoms with van der Waals surface area (Å²) in [6, 6.07) is 4.73. The molecule has 0 spiro atoms. The van der Waals surface area contributed by atoms with Crippen molar-refractivity contribution in [2.24, 2.45) is 16.7 Å². The van der Waals surface area contributed by atoms with Crippen LogP contribution in [-0.2, 0) is 0 Å². The topological polar surface area (TPSA) is 21.3 Å². The van der Waals surface area contributed by atoms with Gasteiger partial charge >= 0.3 is 0 Å². The third-order valence-corrected chi connectivity index (χ3v) is 6.50. The zero-order valence-electron chi connectivity index (χ0n) is 13.7. The Hall–Kier alpha value is -0.700. The Morgan fingerprint density at radius 3 is 2.57 bits per heavy atom. The zero-order valence-corrected chi connectivity index (χ0v) is 15.3. The molecule has 0 aliphatic heterocycles. The first-order valence-corrected chi connectivity index (χ1v) is 8.68. The molecule has 3 atom stereocenters. The summed E-state index contributed by atoms with van der Waals surface area (Å²) in [5, 5.41) is 3.87. The van der Waals surface area contributed by atoms with Gasteiger partial charge in [-0.3, -0.25) is 0 Å². The molecule has 2 saturated carbocycles. The number of methoxy groups -OCH3 is 1. The van der Waals surface area contributed by atoms with Crippen molar-refractivity contribution in [2.75, 3.05) is 12.4 Å². The monoisotopic (exact) mass is 351 g/mol. The quantitative estimate of drug-likeness (QED) is 0.787. The highest BCUT2D eigenvalue weighted by Crippen LogP contribution is 2.63. The van der Waals surface area contributed by atoms with E-state index in [1.165, 1.54) is 24.8 Å². The second-order valence-corrected chi connectivity index (χ2v) is 8.71. The average molecular weight is 352 g/mol. The van der Waals surface area contributed by atoms with E-state index >= 15 is 0 Å². The van der Waals surface area contributed by atoms with Gasteiger partial charge in [0.05, 0.1) is 12.8 Å². The number of ether oxygens (including phenoxy) is 1. The van der Waals surface area contributed by atoms with Gasteiger partial charge in [0.25, 0.3) is 0 Å². The molecule has 0 heterocycles. The van der Waals surface area contributed by atoms with E-state index in [0.29, 0.717) is 16.9 Å². The van der Waals surface area contributed by atoms with Crippen molar-refractivity contribution in [3.05, 3.63) is 22.2 Å². The minimum atomic E-state index is 0.345. The van der Waals surface area contributed by atoms with Gasteiger partial charge < -0.3 is 10.1 Å². The Bertz CT molecular complexity index is 564. The summed E-state index contributed by atoms with van der Waals surface area (Å²) in [6.45, 7) is 9.47. The fraction of sp³-hybridized carbons (Fsp3) is 0.667. The minimum Gasteiger partial charge on any atom is -0.495 e. The number of halogens is 1. The van der Waals surface area contributed by atoms with Gasteiger partial charge in [-0.05, 0) is 60.6 Å². The van der Waals surface area contributed by atoms with E-state index in [4.69, 9.17) is 4.74 Å². The largest absolute Gasteiger partial charge is 0.495 e. The summed E-state index contributed by atoms with van der Waals surface area (Å²) >= 11 is 3.56. The maximum Gasteiger partial charge on any atom is 0.143 e. The lowest BCUT2D eigenvalue weighted by Gasteiger charge is -2.44. The van der Waals surface area contributed by atoms with E-state index in [1.54, 1.807) is 7.11 Å². The molecule has 3 rings (SSSR count). The second kappa shape index (κ2) is 4.91. The van der Waals surface area contributed by atoms with Crippen molar-refractivity contribution in [1.29, 1.82) is 0 Å². The molecule has 1 aromatic carbocycles. The first-order chi connectivity index (χ1) is 9.78. The molecule has 0 aromatic heterocycles. The van der Waals surface area contributed by atoms with Crippen LogP contribution in [0.2, 0.25) is 0 Å². The van der Waals surface area contributed by atoms with Crippen LogP contribution in [-0.4, -0.2) is 13.2 Å². The number of anilines is 1. The van der Waals surface area contributed by atoms with Crippen LogP contribution in [0.4, 0.5) is 5.69 Å². The number of hydrogen-bond acceptors (Lipinski definition) is 2. The van der Waals surface area contributed by atoms with Crippen LogP contribution in [0.1, 0.15) is 45.6 Å². The number of fused-ring (bicyclic) bond motifs is 2. The van der Waals surface area contributed by atoms with Crippen LogP contribution in [0.15, 0.2) is 16.6 Å². The summed E-state index contributed by atoms with van der Waals surface area (Å²) in [5.41, 5.74) is 3.16. The van der Waals surface area contributed by atoms with Gasteiger partial charge in [0.15, 0.2) is 0 Å². The van der Waals surface area contributed by atoms with Crippen LogP contribution in [0, 0.1) is 23.7 Å². The predicted molar refractivity (Wildman–Crippen MR) is 92.1 cm³/mol. The molecule has 3 heteroatoms. The first-order valence-electron chi connectivity index (χ1n) is 7.88. The summed E-state index contributed by atoms with van der Waals surface area (Å²) in [6.07, 6.45) is 4.09. The van der Waals surface area contributed by atoms with E-state index in [2.05, 4.69) is 61.1 Å². The molecular weight excluding hydrogens is 326 g/mol. The van der Waals surface area contributed by atoms with Crippen LogP contribution in [0.5, 0.6) is 5.75 Å². The number of aryl methyl sites for hydroxylation is 1. The highest BCUT2D eigenvalue weighted by Gasteiger charge is 2.59. The van der Waals surface area contributed by atoms with Gasteiger partial charge in [0, 0.05) is 10.5 Å². The normalized spacial score (nSPS) is 33.2. The first kappa shape index (κ1) is 15.2. The van der Waals surface area contributed by atoms with E-state index in [9.17, 15) is 0 Å². The highest BCUT2D eigenvalue weighted by molar-refractivity contribution is 9.10. The summed E-state index contributed by atoms with van der Waals surface area (Å²) in [5.74, 6) is 1.78. The molecule has 2 aliphatic carbocycles. The second-order valence-electron chi connectivity index (χ2n) is 7.79. The number of rotatable bonds is 3. The van der Waals surface area contributed by atoms with Gasteiger partial charge in [-0.1, -0.05) is 36.7 Å². The van der Waals surface area contributed by atoms with E-state index < -0.39 is 0 Å². The SMILES string of the molecule is COc1cc(Br)cc(C)c1NC1C2(C)CCC(C2)C1(C)C. The van der Waals surface area contributed by atoms with E-state index in [1.807, 2.05) is 0 Å². The number of nitrogens with one attached hydrogen (secondary N) is 1. The van der Waals surface area contributed by atoms with Gasteiger partial charge in [0.1, 0.15) is 5.75 Å². The molecular formula is C18H26BrNO. The van der Waals surface area contributed by atoms with Gasteiger partial charge in [-0.2, -0.15) is 0 Å². The van der Waals surface area contributed by atoms with Gasteiger partial charge in [-0.25, -0.2) is 0 Å². The molecule has 0 saturated heterocycles. The molecule has 1 aromatic rings. The van der Waals surface area contributed by atoms with Crippen molar-refractivity contribution in [1.82, 2.24) is 0 Å². The number of hydrogen-bond donors (Lipinski definition) is 1. The van der Waals surface area contributed by atoms with E-state index in [-0.39, 0.29) is 0 Å². The van der Waals surface area contributed by atoms with Gasteiger partial charge in [0.2, 0.25) is 0 Å². The van der Waals surface area contributed by atoms with Crippen molar-refractivity contribution in [2.45, 2.75) is 53.0 Å². The maximum absolute atomic E-state index is 5.61. The van der Waals surface area contributed by atoms with Crippen molar-refractivity contribution < 1.29 is 4.74 Å². The lowest BCUT2D eigenvalue weighted by atomic mass is 9.68. The van der Waals surface area contributed by atoms with Crippen LogP contribution in [0.3, 0.4) is 0 Å². The molecule has 2 fully saturated rings. The predicted octanol–water partition coefficient (Wildman–Crippen LogP) is 5.39. The fourth-order valence-electron chi connectivity index (χ4n) is 4.86. The van der Waals surface area contributed by atoms with Crippen molar-refractivity contribution >= 4 is 21.6 Å². The van der Waals surface area contributed by atoms with Gasteiger partial charge in [-0.15, -0.1) is 0 Å². The molecule has 2 nitrogen and oxygen atoms in total. The molecule has 116 valence electrons. The smallest absolute Gasteiger partial charge is 0.143 e. The molecule has 21 heavy (non-hydrogen) atoms. The van der Waals surface area contributed by atoms with Crippen LogP contribution < -0.4 is 10.1 Å². The van der Waals surface area contributed by atoms with E-state index in [0.717, 1.165) is 21.8 Å². The minimum absolute atomic E-state index is 0.345. The molecule has 0 radical (unpaired) electrons. The Kier molecular flexibility index (Phi) is 3.55. The average Bonchev–Trinajstić information content (AvgIpc) is 2.87. The third-order valence-electron chi connectivity index (χ3n) is 6.04. The third kappa shape index (κ3) is 2.28. The summed E-state index contributed by atoms with van der Waals surface area (Å²) in [4.78, 5) is 0. The van der Waals surface area contributed by atoms with Crippen molar-refractivity contribution in [3.8, 4) is 5.75 Å². The Labute approximate surface area is 136 Å². The molecule has 1 N–H and O–H groups in total. The molecule has 3 unspecified atom stereocenters. The molecule has 0 amide bonds. The lowest BCUT2D eigenvalue weighted by Crippen LogP contribution is -2.46. The summed E-state index contributed by atoms with van der Waals surface area (Å²) in [7, 11) is 1.75. The van der Waals surface area contributed by atoms with Crippen molar-refractivity contribution in [3.63, 3.8) is 0 Å². The van der Waals surface area contributed by atoms with Crippen LogP contribution >= 0.6 is 15.9 Å². The Morgan fingerprint density at radius 1 is 1.29 bits per heavy atom. The maximum atomic E-state index is 5.61. The lowest BCUT2D eigenvalue weighted by molar-refractivity contribution is 0.155. The number of benzene rings is 1. The molecule has 2 bridgehead atoms. The fourth-order valence-corrected chi connectivity index (χ4v) is 5.42.